The van der Waals surface area contributed by atoms with Gasteiger partial charge in [-0.25, -0.2) is 4.79 Å². The SMILES string of the molecule is C=CCN1C(=O)N/C(=C/c2cn(Cc3ccc(Cl)cc3)c3ccccc23)C1=O. The Kier molecular flexibility index (Phi) is 4.75. The van der Waals surface area contributed by atoms with Crippen molar-refractivity contribution in [3.05, 3.63) is 89.2 Å². The summed E-state index contributed by atoms with van der Waals surface area (Å²) >= 11 is 5.98. The van der Waals surface area contributed by atoms with Gasteiger partial charge in [-0.15, -0.1) is 6.58 Å². The van der Waals surface area contributed by atoms with Crippen molar-refractivity contribution in [1.29, 1.82) is 0 Å². The minimum absolute atomic E-state index is 0.181. The Hall–Kier alpha value is -3.31. The van der Waals surface area contributed by atoms with Crippen LogP contribution in [0.5, 0.6) is 0 Å². The lowest BCUT2D eigenvalue weighted by Crippen LogP contribution is -2.30. The Labute approximate surface area is 167 Å². The van der Waals surface area contributed by atoms with Crippen molar-refractivity contribution in [3.8, 4) is 0 Å². The molecule has 3 amide bonds. The average molecular weight is 392 g/mol. The van der Waals surface area contributed by atoms with E-state index in [0.29, 0.717) is 11.6 Å². The van der Waals surface area contributed by atoms with Crippen LogP contribution in [0, 0.1) is 0 Å². The second kappa shape index (κ2) is 7.37. The van der Waals surface area contributed by atoms with Crippen molar-refractivity contribution in [2.75, 3.05) is 6.54 Å². The maximum atomic E-state index is 12.5. The number of nitrogens with zero attached hydrogens (tertiary/aromatic N) is 2. The second-order valence-corrected chi connectivity index (χ2v) is 6.98. The lowest BCUT2D eigenvalue weighted by Gasteiger charge is -2.06. The highest BCUT2D eigenvalue weighted by molar-refractivity contribution is 6.30. The molecule has 0 saturated carbocycles. The molecule has 28 heavy (non-hydrogen) atoms. The molecular weight excluding hydrogens is 374 g/mol. The normalized spacial score (nSPS) is 15.5. The summed E-state index contributed by atoms with van der Waals surface area (Å²) in [5.74, 6) is -0.348. The van der Waals surface area contributed by atoms with E-state index in [1.807, 2.05) is 54.7 Å². The minimum atomic E-state index is -0.430. The molecule has 5 nitrogen and oxygen atoms in total. The molecule has 0 radical (unpaired) electrons. The molecule has 1 aliphatic rings. The topological polar surface area (TPSA) is 54.3 Å². The molecule has 0 unspecified atom stereocenters. The number of imide groups is 1. The molecule has 1 aromatic heterocycles. The van der Waals surface area contributed by atoms with Crippen LogP contribution < -0.4 is 5.32 Å². The van der Waals surface area contributed by atoms with Crippen molar-refractivity contribution in [2.45, 2.75) is 6.54 Å². The van der Waals surface area contributed by atoms with Gasteiger partial charge < -0.3 is 9.88 Å². The molecule has 4 rings (SSSR count). The van der Waals surface area contributed by atoms with Gasteiger partial charge in [0.25, 0.3) is 5.91 Å². The summed E-state index contributed by atoms with van der Waals surface area (Å²) in [7, 11) is 0. The summed E-state index contributed by atoms with van der Waals surface area (Å²) in [5, 5.41) is 4.35. The van der Waals surface area contributed by atoms with Crippen molar-refractivity contribution in [1.82, 2.24) is 14.8 Å². The van der Waals surface area contributed by atoms with E-state index in [4.69, 9.17) is 11.6 Å². The number of hydrogen-bond acceptors (Lipinski definition) is 2. The van der Waals surface area contributed by atoms with Gasteiger partial charge in [-0.2, -0.15) is 0 Å². The van der Waals surface area contributed by atoms with E-state index < -0.39 is 6.03 Å². The first-order valence-electron chi connectivity index (χ1n) is 8.84. The number of urea groups is 1. The van der Waals surface area contributed by atoms with Gasteiger partial charge in [0.15, 0.2) is 0 Å². The zero-order valence-electron chi connectivity index (χ0n) is 15.1. The van der Waals surface area contributed by atoms with E-state index in [1.165, 1.54) is 6.08 Å². The molecule has 6 heteroatoms. The number of hydrogen-bond donors (Lipinski definition) is 1. The summed E-state index contributed by atoms with van der Waals surface area (Å²) in [6.07, 6.45) is 5.24. The highest BCUT2D eigenvalue weighted by atomic mass is 35.5. The molecule has 0 aliphatic carbocycles. The quantitative estimate of drug-likeness (QED) is 0.397. The van der Waals surface area contributed by atoms with E-state index in [0.717, 1.165) is 26.9 Å². The lowest BCUT2D eigenvalue weighted by molar-refractivity contribution is -0.122. The summed E-state index contributed by atoms with van der Waals surface area (Å²) in [6, 6.07) is 15.3. The van der Waals surface area contributed by atoms with Gasteiger partial charge >= 0.3 is 6.03 Å². The van der Waals surface area contributed by atoms with E-state index in [-0.39, 0.29) is 18.1 Å². The number of benzene rings is 2. The van der Waals surface area contributed by atoms with Crippen LogP contribution in [0.15, 0.2) is 73.1 Å². The Morgan fingerprint density at radius 2 is 1.82 bits per heavy atom. The fourth-order valence-corrected chi connectivity index (χ4v) is 3.46. The summed E-state index contributed by atoms with van der Waals surface area (Å²) in [5.41, 5.74) is 3.30. The third-order valence-corrected chi connectivity index (χ3v) is 4.91. The molecule has 1 aliphatic heterocycles. The van der Waals surface area contributed by atoms with E-state index >= 15 is 0 Å². The molecule has 2 aromatic carbocycles. The van der Waals surface area contributed by atoms with E-state index in [1.54, 1.807) is 6.08 Å². The number of carbonyl (C=O) groups excluding carboxylic acids is 2. The van der Waals surface area contributed by atoms with Crippen molar-refractivity contribution in [2.24, 2.45) is 0 Å². The maximum absolute atomic E-state index is 12.5. The third-order valence-electron chi connectivity index (χ3n) is 4.66. The number of nitrogens with one attached hydrogen (secondary N) is 1. The van der Waals surface area contributed by atoms with Crippen LogP contribution in [-0.2, 0) is 11.3 Å². The van der Waals surface area contributed by atoms with Crippen molar-refractivity contribution in [3.63, 3.8) is 0 Å². The minimum Gasteiger partial charge on any atom is -0.342 e. The summed E-state index contributed by atoms with van der Waals surface area (Å²) in [6.45, 7) is 4.44. The molecule has 3 aromatic rings. The zero-order chi connectivity index (χ0) is 19.7. The van der Waals surface area contributed by atoms with Gasteiger partial charge in [0.05, 0.1) is 0 Å². The average Bonchev–Trinajstić information content (AvgIpc) is 3.17. The lowest BCUT2D eigenvalue weighted by atomic mass is 10.1. The Balaban J connectivity index is 1.72. The summed E-state index contributed by atoms with van der Waals surface area (Å²) in [4.78, 5) is 25.6. The molecule has 0 atom stereocenters. The largest absolute Gasteiger partial charge is 0.342 e. The fourth-order valence-electron chi connectivity index (χ4n) is 3.33. The Morgan fingerprint density at radius 3 is 2.57 bits per heavy atom. The van der Waals surface area contributed by atoms with Crippen LogP contribution in [0.1, 0.15) is 11.1 Å². The fraction of sp³-hybridized carbons (Fsp3) is 0.0909. The van der Waals surface area contributed by atoms with Gasteiger partial charge in [-0.3, -0.25) is 9.69 Å². The molecule has 1 N–H and O–H groups in total. The van der Waals surface area contributed by atoms with Crippen LogP contribution in [0.4, 0.5) is 4.79 Å². The number of rotatable bonds is 5. The Morgan fingerprint density at radius 1 is 1.07 bits per heavy atom. The molecule has 0 spiro atoms. The Bertz CT molecular complexity index is 1110. The third kappa shape index (κ3) is 3.32. The van der Waals surface area contributed by atoms with Crippen LogP contribution in [0.25, 0.3) is 17.0 Å². The van der Waals surface area contributed by atoms with Gasteiger partial charge in [0.1, 0.15) is 5.70 Å². The predicted molar refractivity (Wildman–Crippen MR) is 111 cm³/mol. The number of aromatic nitrogens is 1. The van der Waals surface area contributed by atoms with Crippen LogP contribution in [-0.4, -0.2) is 28.0 Å². The standard InChI is InChI=1S/C22H18ClN3O2/c1-2-11-26-21(27)19(24-22(26)28)12-16-14-25(20-6-4-3-5-18(16)20)13-15-7-9-17(23)10-8-15/h2-10,12,14H,1,11,13H2,(H,24,28)/b19-12+. The smallest absolute Gasteiger partial charge is 0.329 e. The number of amides is 3. The van der Waals surface area contributed by atoms with Crippen LogP contribution in [0.2, 0.25) is 5.02 Å². The molecule has 140 valence electrons. The molecule has 1 saturated heterocycles. The zero-order valence-corrected chi connectivity index (χ0v) is 15.8. The van der Waals surface area contributed by atoms with Gasteiger partial charge in [0.2, 0.25) is 0 Å². The predicted octanol–water partition coefficient (Wildman–Crippen LogP) is 4.42. The molecule has 2 heterocycles. The summed E-state index contributed by atoms with van der Waals surface area (Å²) < 4.78 is 2.12. The van der Waals surface area contributed by atoms with Gasteiger partial charge in [-0.05, 0) is 29.8 Å². The monoisotopic (exact) mass is 391 g/mol. The van der Waals surface area contributed by atoms with Crippen molar-refractivity contribution >= 4 is 40.5 Å². The number of para-hydroxylation sites is 1. The molecular formula is C22H18ClN3O2. The number of fused-ring (bicyclic) bond motifs is 1. The number of halogens is 1. The molecule has 1 fully saturated rings. The highest BCUT2D eigenvalue weighted by Gasteiger charge is 2.32. The van der Waals surface area contributed by atoms with Gasteiger partial charge in [-0.1, -0.05) is 48.0 Å². The van der Waals surface area contributed by atoms with Crippen LogP contribution >= 0.6 is 11.6 Å². The van der Waals surface area contributed by atoms with Crippen LogP contribution in [0.3, 0.4) is 0 Å². The first kappa shape index (κ1) is 18.1. The highest BCUT2D eigenvalue weighted by Crippen LogP contribution is 2.25. The van der Waals surface area contributed by atoms with Gasteiger partial charge in [0, 0.05) is 40.8 Å². The maximum Gasteiger partial charge on any atom is 0.329 e. The van der Waals surface area contributed by atoms with Crippen molar-refractivity contribution < 1.29 is 9.59 Å². The first-order chi connectivity index (χ1) is 13.6. The number of carbonyl (C=O) groups is 2. The van der Waals surface area contributed by atoms with E-state index in [9.17, 15) is 9.59 Å². The first-order valence-corrected chi connectivity index (χ1v) is 9.22. The molecule has 0 bridgehead atoms. The second-order valence-electron chi connectivity index (χ2n) is 6.55. The van der Waals surface area contributed by atoms with E-state index in [2.05, 4.69) is 16.5 Å².